The minimum absolute atomic E-state index is 0.105. The van der Waals surface area contributed by atoms with Crippen molar-refractivity contribution in [3.8, 4) is 0 Å². The van der Waals surface area contributed by atoms with Gasteiger partial charge in [-0.25, -0.2) is 0 Å². The average molecular weight is 1540 g/mol. The molecule has 4 fully saturated rings. The lowest BCUT2D eigenvalue weighted by Gasteiger charge is -2.36. The fourth-order valence-electron chi connectivity index (χ4n) is 12.3. The molecule has 0 bridgehead atoms. The second kappa shape index (κ2) is 35.9. The molecule has 1 amide bonds. The predicted molar refractivity (Wildman–Crippen MR) is 407 cm³/mol. The number of hydrazone groups is 2. The summed E-state index contributed by atoms with van der Waals surface area (Å²) in [4.78, 5) is 94.9. The molecule has 2 aliphatic carbocycles. The number of carbonyl (C=O) groups is 4. The van der Waals surface area contributed by atoms with Crippen LogP contribution in [-0.2, 0) is 35.1 Å². The van der Waals surface area contributed by atoms with Crippen LogP contribution in [0.2, 0.25) is 0 Å². The first-order chi connectivity index (χ1) is 51.2. The van der Waals surface area contributed by atoms with E-state index in [0.29, 0.717) is 126 Å². The number of fused-ring (bicyclic) bond motifs is 2. The minimum Gasteiger partial charge on any atom is -0.483 e. The summed E-state index contributed by atoms with van der Waals surface area (Å²) in [5, 5.41) is 24.4. The molecule has 39 nitrogen and oxygen atoms in total. The van der Waals surface area contributed by atoms with Gasteiger partial charge >= 0.3 is 0 Å². The van der Waals surface area contributed by atoms with Crippen molar-refractivity contribution in [1.29, 1.82) is 0 Å². The number of hydrogen-bond donors (Lipinski definition) is 13. The molecule has 572 valence electrons. The van der Waals surface area contributed by atoms with Gasteiger partial charge in [-0.15, -0.1) is 0 Å². The number of hydrogen-bond acceptors (Lipinski definition) is 34. The first-order valence-electron chi connectivity index (χ1n) is 33.9. The number of nitrogens with two attached hydrogens (primary N) is 4. The van der Waals surface area contributed by atoms with E-state index in [-0.39, 0.29) is 57.6 Å². The van der Waals surface area contributed by atoms with Gasteiger partial charge in [0.1, 0.15) is 9.81 Å². The summed E-state index contributed by atoms with van der Waals surface area (Å²) in [6.07, 6.45) is 3.03. The van der Waals surface area contributed by atoms with Crippen LogP contribution in [0.5, 0.6) is 0 Å². The average Bonchev–Trinajstić information content (AvgIpc) is 0.776. The summed E-state index contributed by atoms with van der Waals surface area (Å²) >= 11 is 0. The molecular formula is C65H85N25O14S3. The summed E-state index contributed by atoms with van der Waals surface area (Å²) in [5.41, 5.74) is 30.0. The van der Waals surface area contributed by atoms with Crippen LogP contribution >= 0.6 is 0 Å². The van der Waals surface area contributed by atoms with Gasteiger partial charge < -0.3 is 63.6 Å². The molecule has 0 atom stereocenters. The Labute approximate surface area is 617 Å². The number of benzene rings is 4. The molecule has 4 aliphatic heterocycles. The second-order valence-electron chi connectivity index (χ2n) is 25.1. The van der Waals surface area contributed by atoms with Crippen molar-refractivity contribution in [3.05, 3.63) is 123 Å². The van der Waals surface area contributed by atoms with E-state index in [2.05, 4.69) is 76.2 Å². The maximum Gasteiger partial charge on any atom is 0.296 e. The first kappa shape index (κ1) is 79.4. The molecule has 0 radical (unpaired) electrons. The SMILES string of the molecule is CS(=O)(=O)O.NCCN1CCN(c2nc(Nc3ccc4c(c3)C=C(S(=O)(=O)O)C(=NNc3ccc(NC(=O)c5ccc(NN=C6C(=O)c7ccc(Nc8nc(N9CCN(CCN)CC9)nc(N9CCN(CCN)CC9)n8)cc7C=C6S(=O)(=O)O)cc5)cc3)C4=O)nc(N3CCN(CCN)CC3)n2)CC1.O=CO. The van der Waals surface area contributed by atoms with E-state index in [9.17, 15) is 48.7 Å². The highest BCUT2D eigenvalue weighted by Crippen LogP contribution is 2.33. The topological polar surface area (TPSA) is 544 Å². The number of nitrogens with zero attached hydrogens (tertiary/aromatic N) is 16. The van der Waals surface area contributed by atoms with Gasteiger partial charge in [0, 0.05) is 191 Å². The van der Waals surface area contributed by atoms with Gasteiger partial charge in [-0.2, -0.15) is 65.4 Å². The van der Waals surface area contributed by atoms with Crippen LogP contribution in [0.4, 0.5) is 64.1 Å². The van der Waals surface area contributed by atoms with Crippen LogP contribution in [0.15, 0.2) is 105 Å². The van der Waals surface area contributed by atoms with Crippen molar-refractivity contribution in [3.63, 3.8) is 0 Å². The maximum absolute atomic E-state index is 14.0. The standard InChI is InChI=1S/C63H79N25O9S2.CH4O3S.CH2O2/c64-13-17-81-21-29-85(30-22-81)60-71-58(72-61(75-60)86-31-23-82(18-14-65)24-32-86)69-47-9-11-49-42(37-47)39-51(98(92,93)94)53(55(49)89)79-77-45-3-1-41(2-4-45)57(91)68-44-5-7-46(8-6-44)78-80-54-52(99(95,96)97)40-43-38-48(10-12-50(43)56(54)90)70-59-73-62(87-33-25-83(19-15-66)26-34-87)76-63(74-59)88-35-27-84(20-16-67)28-36-88;1-5(2,3)4;2-1-3/h1-12,37-40,77-78H,13-36,64-67H2,(H,68,91)(H,92,93,94)(H,95,96,97)(H,69,71,72,75)(H,70,73,74,76);1H3,(H,2,3,4);1H,(H,2,3). The lowest BCUT2D eigenvalue weighted by Crippen LogP contribution is -2.49. The van der Waals surface area contributed by atoms with Gasteiger partial charge in [0.25, 0.3) is 42.7 Å². The lowest BCUT2D eigenvalue weighted by molar-refractivity contribution is -0.122. The number of carboxylic acid groups (broad SMARTS) is 1. The molecule has 6 aromatic rings. The largest absolute Gasteiger partial charge is 0.483 e. The van der Waals surface area contributed by atoms with Crippen LogP contribution < -0.4 is 69.3 Å². The van der Waals surface area contributed by atoms with Gasteiger partial charge in [-0.05, 0) is 108 Å². The second-order valence-corrected chi connectivity index (χ2v) is 29.3. The molecule has 42 heteroatoms. The quantitative estimate of drug-likeness (QED) is 0.0217. The molecule has 107 heavy (non-hydrogen) atoms. The zero-order chi connectivity index (χ0) is 76.6. The Balaban J connectivity index is 0.00000146. The summed E-state index contributed by atoms with van der Waals surface area (Å²) in [7, 11) is -13.7. The van der Waals surface area contributed by atoms with Crippen molar-refractivity contribution in [2.45, 2.75) is 0 Å². The third-order valence-corrected chi connectivity index (χ3v) is 19.4. The van der Waals surface area contributed by atoms with E-state index >= 15 is 0 Å². The summed E-state index contributed by atoms with van der Waals surface area (Å²) in [5.74, 6) is 0.336. The summed E-state index contributed by atoms with van der Waals surface area (Å²) in [6, 6.07) is 21.3. The van der Waals surface area contributed by atoms with E-state index in [1.54, 1.807) is 24.3 Å². The zero-order valence-corrected chi connectivity index (χ0v) is 60.8. The molecule has 6 heterocycles. The monoisotopic (exact) mass is 1540 g/mol. The van der Waals surface area contributed by atoms with Crippen LogP contribution in [0.3, 0.4) is 0 Å². The number of piperazine rings is 4. The van der Waals surface area contributed by atoms with Gasteiger partial charge in [0.05, 0.1) is 17.6 Å². The Bertz CT molecular complexity index is 4580. The number of aromatic nitrogens is 6. The molecule has 0 spiro atoms. The molecule has 0 unspecified atom stereocenters. The normalized spacial score (nSPS) is 17.7. The highest BCUT2D eigenvalue weighted by atomic mass is 32.2. The van der Waals surface area contributed by atoms with Crippen molar-refractivity contribution in [2.24, 2.45) is 33.1 Å². The molecule has 6 aliphatic rings. The van der Waals surface area contributed by atoms with Gasteiger partial charge in [-0.1, -0.05) is 0 Å². The highest BCUT2D eigenvalue weighted by Gasteiger charge is 2.36. The minimum atomic E-state index is -5.01. The molecular weight excluding hydrogens is 1450 g/mol. The number of Topliss-reactive ketones (excluding diaryl/α,β-unsaturated/α-hetero) is 2. The van der Waals surface area contributed by atoms with Crippen molar-refractivity contribution in [1.82, 2.24) is 49.5 Å². The number of amides is 1. The molecule has 4 aromatic carbocycles. The van der Waals surface area contributed by atoms with Crippen molar-refractivity contribution in [2.75, 3.05) is 210 Å². The van der Waals surface area contributed by atoms with Crippen molar-refractivity contribution >= 4 is 142 Å². The highest BCUT2D eigenvalue weighted by molar-refractivity contribution is 7.91. The van der Waals surface area contributed by atoms with Crippen LogP contribution in [0, 0.1) is 0 Å². The lowest BCUT2D eigenvalue weighted by atomic mass is 9.94. The number of allylic oxidation sites excluding steroid dienone is 2. The van der Waals surface area contributed by atoms with E-state index in [1.165, 1.54) is 60.7 Å². The number of rotatable bonds is 24. The zero-order valence-electron chi connectivity index (χ0n) is 58.3. The third-order valence-electron chi connectivity index (χ3n) is 17.6. The third kappa shape index (κ3) is 21.5. The Morgan fingerprint density at radius 2 is 0.738 bits per heavy atom. The maximum atomic E-state index is 14.0. The number of anilines is 11. The Morgan fingerprint density at radius 1 is 0.458 bits per heavy atom. The summed E-state index contributed by atoms with van der Waals surface area (Å²) in [6.45, 7) is 16.8. The van der Waals surface area contributed by atoms with E-state index < -0.39 is 69.1 Å². The van der Waals surface area contributed by atoms with Gasteiger partial charge in [0.15, 0.2) is 11.4 Å². The fraction of sp³-hybridized carbons (Fsp3) is 0.385. The van der Waals surface area contributed by atoms with E-state index in [4.69, 9.17) is 67.3 Å². The predicted octanol–water partition coefficient (Wildman–Crippen LogP) is 0.110. The van der Waals surface area contributed by atoms with Crippen molar-refractivity contribution < 1.29 is 63.2 Å². The molecule has 4 saturated heterocycles. The number of nitrogens with one attached hydrogen (secondary N) is 5. The first-order valence-corrected chi connectivity index (χ1v) is 38.7. The Hall–Kier alpha value is -10.2. The molecule has 0 saturated carbocycles. The van der Waals surface area contributed by atoms with E-state index in [1.807, 2.05) is 0 Å². The summed E-state index contributed by atoms with van der Waals surface area (Å²) < 4.78 is 98.4. The van der Waals surface area contributed by atoms with E-state index in [0.717, 1.165) is 90.7 Å². The smallest absolute Gasteiger partial charge is 0.296 e. The Morgan fingerprint density at radius 3 is 1.03 bits per heavy atom. The number of carbonyl (C=O) groups excluding carboxylic acids is 3. The number of ketones is 2. The molecule has 12 rings (SSSR count). The molecule has 2 aromatic heterocycles. The van der Waals surface area contributed by atoms with Gasteiger partial charge in [0.2, 0.25) is 47.3 Å². The fourth-order valence-corrected chi connectivity index (χ4v) is 13.6. The van der Waals surface area contributed by atoms with Crippen LogP contribution in [0.25, 0.3) is 12.2 Å². The van der Waals surface area contributed by atoms with Gasteiger partial charge in [-0.3, -0.25) is 63.3 Å². The Kier molecular flexibility index (Phi) is 26.7. The van der Waals surface area contributed by atoms with Crippen LogP contribution in [-0.4, -0.2) is 292 Å². The molecule has 17 N–H and O–H groups in total. The van der Waals surface area contributed by atoms with Crippen LogP contribution in [0.1, 0.15) is 42.2 Å².